The number of ketones is 1. The number of carbonyl (C=O) groups excluding carboxylic acids is 1. The van der Waals surface area contributed by atoms with E-state index in [2.05, 4.69) is 41.5 Å². The van der Waals surface area contributed by atoms with Crippen molar-refractivity contribution in [3.63, 3.8) is 0 Å². The predicted molar refractivity (Wildman–Crippen MR) is 110 cm³/mol. The van der Waals surface area contributed by atoms with Gasteiger partial charge >= 0.3 is 0 Å². The third-order valence-corrected chi connectivity index (χ3v) is 4.56. The van der Waals surface area contributed by atoms with E-state index in [1.807, 2.05) is 12.1 Å². The molecule has 0 saturated carbocycles. The molecule has 26 heavy (non-hydrogen) atoms. The first-order chi connectivity index (χ1) is 11.9. The maximum atomic E-state index is 12.4. The molecule has 2 rings (SSSR count). The Balaban J connectivity index is 2.45. The summed E-state index contributed by atoms with van der Waals surface area (Å²) in [5, 5.41) is 11.4. The molecule has 3 heteroatoms. The standard InChI is InChI=1S/C23H27ClO2/c1-22(2,3)18-13-15(14-19(21(18)26)23(4,5)6)7-12-20(25)16-8-10-17(24)11-9-16/h7-14,26H,1-6H3/b12-7+. The average Bonchev–Trinajstić information content (AvgIpc) is 2.52. The van der Waals surface area contributed by atoms with E-state index in [-0.39, 0.29) is 16.6 Å². The second kappa shape index (κ2) is 7.28. The average molecular weight is 371 g/mol. The molecule has 0 saturated heterocycles. The molecule has 2 nitrogen and oxygen atoms in total. The van der Waals surface area contributed by atoms with Crippen molar-refractivity contribution in [3.05, 3.63) is 69.8 Å². The first-order valence-electron chi connectivity index (χ1n) is 8.75. The Morgan fingerprint density at radius 3 is 1.81 bits per heavy atom. The molecule has 1 N–H and O–H groups in total. The van der Waals surface area contributed by atoms with Crippen LogP contribution in [0.3, 0.4) is 0 Å². The van der Waals surface area contributed by atoms with Gasteiger partial charge in [0.15, 0.2) is 5.78 Å². The highest BCUT2D eigenvalue weighted by atomic mass is 35.5. The van der Waals surface area contributed by atoms with Gasteiger partial charge in [-0.1, -0.05) is 59.2 Å². The van der Waals surface area contributed by atoms with Crippen molar-refractivity contribution in [2.75, 3.05) is 0 Å². The number of benzene rings is 2. The number of phenols is 1. The van der Waals surface area contributed by atoms with E-state index in [0.717, 1.165) is 16.7 Å². The first kappa shape index (κ1) is 20.3. The minimum absolute atomic E-state index is 0.0793. The lowest BCUT2D eigenvalue weighted by Crippen LogP contribution is -2.17. The molecule has 0 amide bonds. The zero-order valence-electron chi connectivity index (χ0n) is 16.4. The number of allylic oxidation sites excluding steroid dienone is 1. The van der Waals surface area contributed by atoms with Gasteiger partial charge in [-0.2, -0.15) is 0 Å². The Kier molecular flexibility index (Phi) is 5.67. The summed E-state index contributed by atoms with van der Waals surface area (Å²) in [5.74, 6) is 0.260. The van der Waals surface area contributed by atoms with Gasteiger partial charge in [-0.05, 0) is 58.9 Å². The van der Waals surface area contributed by atoms with Gasteiger partial charge in [-0.15, -0.1) is 0 Å². The Bertz CT molecular complexity index is 797. The van der Waals surface area contributed by atoms with Crippen molar-refractivity contribution in [2.45, 2.75) is 52.4 Å². The fourth-order valence-corrected chi connectivity index (χ4v) is 2.90. The van der Waals surface area contributed by atoms with E-state index in [0.29, 0.717) is 16.3 Å². The lowest BCUT2D eigenvalue weighted by atomic mass is 9.78. The molecule has 0 fully saturated rings. The number of hydrogen-bond acceptors (Lipinski definition) is 2. The zero-order valence-corrected chi connectivity index (χ0v) is 17.1. The highest BCUT2D eigenvalue weighted by Gasteiger charge is 2.26. The smallest absolute Gasteiger partial charge is 0.185 e. The molecule has 0 aliphatic heterocycles. The lowest BCUT2D eigenvalue weighted by Gasteiger charge is -2.27. The molecule has 0 aliphatic rings. The summed E-state index contributed by atoms with van der Waals surface area (Å²) in [6.45, 7) is 12.4. The van der Waals surface area contributed by atoms with Gasteiger partial charge in [0.2, 0.25) is 0 Å². The number of hydrogen-bond donors (Lipinski definition) is 1. The molecule has 0 spiro atoms. The summed E-state index contributed by atoms with van der Waals surface area (Å²) < 4.78 is 0. The van der Waals surface area contributed by atoms with Crippen LogP contribution >= 0.6 is 11.6 Å². The molecular formula is C23H27ClO2. The highest BCUT2D eigenvalue weighted by Crippen LogP contribution is 2.40. The predicted octanol–water partition coefficient (Wildman–Crippen LogP) is 6.54. The summed E-state index contributed by atoms with van der Waals surface area (Å²) in [4.78, 5) is 12.4. The zero-order chi connectivity index (χ0) is 19.7. The molecule has 0 heterocycles. The van der Waals surface area contributed by atoms with Gasteiger partial charge in [0.05, 0.1) is 0 Å². The van der Waals surface area contributed by atoms with Crippen LogP contribution in [0.15, 0.2) is 42.5 Å². The van der Waals surface area contributed by atoms with Crippen molar-refractivity contribution >= 4 is 23.5 Å². The van der Waals surface area contributed by atoms with Crippen molar-refractivity contribution in [2.24, 2.45) is 0 Å². The molecule has 0 radical (unpaired) electrons. The maximum Gasteiger partial charge on any atom is 0.185 e. The minimum atomic E-state index is -0.200. The van der Waals surface area contributed by atoms with E-state index in [9.17, 15) is 9.90 Å². The molecule has 0 bridgehead atoms. The number of aromatic hydroxyl groups is 1. The lowest BCUT2D eigenvalue weighted by molar-refractivity contribution is 0.104. The third kappa shape index (κ3) is 4.76. The largest absolute Gasteiger partial charge is 0.507 e. The van der Waals surface area contributed by atoms with E-state index >= 15 is 0 Å². The summed E-state index contributed by atoms with van der Waals surface area (Å²) in [5.41, 5.74) is 2.85. The maximum absolute atomic E-state index is 12.4. The van der Waals surface area contributed by atoms with Crippen molar-refractivity contribution in [1.29, 1.82) is 0 Å². The summed E-state index contributed by atoms with van der Waals surface area (Å²) in [6, 6.07) is 10.8. The third-order valence-electron chi connectivity index (χ3n) is 4.30. The molecule has 0 aliphatic carbocycles. The number of carbonyl (C=O) groups is 1. The highest BCUT2D eigenvalue weighted by molar-refractivity contribution is 6.30. The van der Waals surface area contributed by atoms with E-state index < -0.39 is 0 Å². The topological polar surface area (TPSA) is 37.3 Å². The number of rotatable bonds is 3. The fourth-order valence-electron chi connectivity index (χ4n) is 2.78. The van der Waals surface area contributed by atoms with Gasteiger partial charge in [0.1, 0.15) is 5.75 Å². The van der Waals surface area contributed by atoms with Gasteiger partial charge in [0, 0.05) is 21.7 Å². The normalized spacial score (nSPS) is 12.6. The van der Waals surface area contributed by atoms with Crippen molar-refractivity contribution in [3.8, 4) is 5.75 Å². The molecule has 0 atom stereocenters. The molecular weight excluding hydrogens is 344 g/mol. The van der Waals surface area contributed by atoms with Crippen LogP contribution in [0.2, 0.25) is 5.02 Å². The van der Waals surface area contributed by atoms with Crippen LogP contribution in [-0.2, 0) is 10.8 Å². The van der Waals surface area contributed by atoms with E-state index in [1.54, 1.807) is 36.4 Å². The monoisotopic (exact) mass is 370 g/mol. The van der Waals surface area contributed by atoms with Crippen LogP contribution in [0, 0.1) is 0 Å². The SMILES string of the molecule is CC(C)(C)c1cc(/C=C/C(=O)c2ccc(Cl)cc2)cc(C(C)(C)C)c1O. The van der Waals surface area contributed by atoms with Gasteiger partial charge < -0.3 is 5.11 Å². The number of halogens is 1. The molecule has 0 aromatic heterocycles. The second-order valence-corrected chi connectivity index (χ2v) is 9.11. The fraction of sp³-hybridized carbons (Fsp3) is 0.348. The van der Waals surface area contributed by atoms with Crippen LogP contribution < -0.4 is 0 Å². The van der Waals surface area contributed by atoms with Crippen molar-refractivity contribution in [1.82, 2.24) is 0 Å². The van der Waals surface area contributed by atoms with Crippen LogP contribution in [-0.4, -0.2) is 10.9 Å². The first-order valence-corrected chi connectivity index (χ1v) is 9.13. The summed E-state index contributed by atoms with van der Waals surface area (Å²) in [7, 11) is 0. The van der Waals surface area contributed by atoms with Gasteiger partial charge in [0.25, 0.3) is 0 Å². The Morgan fingerprint density at radius 2 is 1.38 bits per heavy atom. The van der Waals surface area contributed by atoms with Gasteiger partial charge in [-0.25, -0.2) is 0 Å². The summed E-state index contributed by atoms with van der Waals surface area (Å²) in [6.07, 6.45) is 3.37. The van der Waals surface area contributed by atoms with E-state index in [1.165, 1.54) is 0 Å². The van der Waals surface area contributed by atoms with Crippen LogP contribution in [0.4, 0.5) is 0 Å². The Morgan fingerprint density at radius 1 is 0.923 bits per heavy atom. The Labute approximate surface area is 161 Å². The van der Waals surface area contributed by atoms with Gasteiger partial charge in [-0.3, -0.25) is 4.79 Å². The van der Waals surface area contributed by atoms with Crippen LogP contribution in [0.5, 0.6) is 5.75 Å². The van der Waals surface area contributed by atoms with E-state index in [4.69, 9.17) is 11.6 Å². The second-order valence-electron chi connectivity index (χ2n) is 8.67. The quantitative estimate of drug-likeness (QED) is 0.492. The Hall–Kier alpha value is -2.06. The number of phenolic OH excluding ortho intramolecular Hbond substituents is 1. The summed E-state index contributed by atoms with van der Waals surface area (Å²) >= 11 is 5.87. The van der Waals surface area contributed by atoms with Crippen molar-refractivity contribution < 1.29 is 9.90 Å². The van der Waals surface area contributed by atoms with Crippen LogP contribution in [0.1, 0.15) is 68.6 Å². The van der Waals surface area contributed by atoms with Crippen LogP contribution in [0.25, 0.3) is 6.08 Å². The molecule has 2 aromatic carbocycles. The molecule has 2 aromatic rings. The molecule has 138 valence electrons. The molecule has 0 unspecified atom stereocenters. The minimum Gasteiger partial charge on any atom is -0.507 e.